The van der Waals surface area contributed by atoms with Gasteiger partial charge < -0.3 is 9.47 Å². The largest absolute Gasteiger partial charge is 0.469 e. The Balaban J connectivity index is 3.89. The molecular weight excluding hydrogens is 172 g/mol. The Labute approximate surface area is 78.2 Å². The summed E-state index contributed by atoms with van der Waals surface area (Å²) in [6.45, 7) is 5.09. The molecule has 0 spiro atoms. The molecule has 76 valence electrons. The molecule has 0 fully saturated rings. The first-order valence-electron chi connectivity index (χ1n) is 4.12. The first-order chi connectivity index (χ1) is 5.90. The third-order valence-electron chi connectivity index (χ3n) is 1.77. The number of hydrogen-bond acceptors (Lipinski definition) is 4. The number of ether oxygens (including phenoxy) is 2. The Morgan fingerprint density at radius 1 is 1.31 bits per heavy atom. The molecule has 0 amide bonds. The minimum absolute atomic E-state index is 0.247. The molecule has 0 unspecified atom stereocenters. The molecule has 0 saturated heterocycles. The van der Waals surface area contributed by atoms with E-state index in [1.165, 1.54) is 14.0 Å². The van der Waals surface area contributed by atoms with Gasteiger partial charge in [-0.3, -0.25) is 9.59 Å². The fourth-order valence-corrected chi connectivity index (χ4v) is 0.828. The van der Waals surface area contributed by atoms with Crippen LogP contribution in [0.1, 0.15) is 27.2 Å². The smallest absolute Gasteiger partial charge is 0.311 e. The van der Waals surface area contributed by atoms with E-state index < -0.39 is 5.41 Å². The maximum Gasteiger partial charge on any atom is 0.311 e. The van der Waals surface area contributed by atoms with Crippen molar-refractivity contribution in [3.63, 3.8) is 0 Å². The van der Waals surface area contributed by atoms with Crippen LogP contribution < -0.4 is 0 Å². The van der Waals surface area contributed by atoms with Crippen LogP contribution in [-0.4, -0.2) is 25.7 Å². The molecule has 0 N–H and O–H groups in total. The number of methoxy groups -OCH3 is 1. The molecule has 0 aromatic heterocycles. The zero-order valence-electron chi connectivity index (χ0n) is 8.55. The monoisotopic (exact) mass is 188 g/mol. The van der Waals surface area contributed by atoms with E-state index in [1.54, 1.807) is 13.8 Å². The van der Waals surface area contributed by atoms with Crippen LogP contribution in [0.2, 0.25) is 0 Å². The van der Waals surface area contributed by atoms with Crippen LogP contribution in [0.25, 0.3) is 0 Å². The van der Waals surface area contributed by atoms with Gasteiger partial charge in [-0.2, -0.15) is 0 Å². The highest BCUT2D eigenvalue weighted by molar-refractivity contribution is 5.75. The Bertz CT molecular complexity index is 196. The van der Waals surface area contributed by atoms with E-state index in [4.69, 9.17) is 4.74 Å². The summed E-state index contributed by atoms with van der Waals surface area (Å²) in [5.74, 6) is -0.625. The van der Waals surface area contributed by atoms with E-state index >= 15 is 0 Å². The van der Waals surface area contributed by atoms with Crippen molar-refractivity contribution in [1.82, 2.24) is 0 Å². The van der Waals surface area contributed by atoms with E-state index in [2.05, 4.69) is 4.74 Å². The van der Waals surface area contributed by atoms with E-state index in [0.717, 1.165) is 0 Å². The molecule has 0 aromatic rings. The third-order valence-corrected chi connectivity index (χ3v) is 1.77. The lowest BCUT2D eigenvalue weighted by molar-refractivity contribution is -0.154. The maximum atomic E-state index is 11.1. The van der Waals surface area contributed by atoms with Crippen molar-refractivity contribution in [1.29, 1.82) is 0 Å². The second-order valence-electron chi connectivity index (χ2n) is 3.47. The molecule has 0 atom stereocenters. The number of carbonyl (C=O) groups excluding carboxylic acids is 2. The predicted molar refractivity (Wildman–Crippen MR) is 47.0 cm³/mol. The molecule has 0 heterocycles. The van der Waals surface area contributed by atoms with Gasteiger partial charge in [0.2, 0.25) is 0 Å². The van der Waals surface area contributed by atoms with E-state index in [0.29, 0.717) is 6.42 Å². The standard InChI is InChI=1S/C9H16O4/c1-7(10)13-6-5-9(2,3)8(11)12-4/h5-6H2,1-4H3. The molecule has 0 aromatic carbocycles. The Hall–Kier alpha value is -1.06. The second-order valence-corrected chi connectivity index (χ2v) is 3.47. The van der Waals surface area contributed by atoms with Gasteiger partial charge in [-0.25, -0.2) is 0 Å². The molecule has 0 aliphatic heterocycles. The third kappa shape index (κ3) is 4.50. The molecule has 0 radical (unpaired) electrons. The van der Waals surface area contributed by atoms with Crippen LogP contribution in [0.5, 0.6) is 0 Å². The molecule has 4 heteroatoms. The van der Waals surface area contributed by atoms with Crippen molar-refractivity contribution in [2.45, 2.75) is 27.2 Å². The van der Waals surface area contributed by atoms with Crippen LogP contribution in [0.15, 0.2) is 0 Å². The predicted octanol–water partition coefficient (Wildman–Crippen LogP) is 1.14. The van der Waals surface area contributed by atoms with Gasteiger partial charge in [-0.1, -0.05) is 0 Å². The normalized spacial score (nSPS) is 10.8. The SMILES string of the molecule is COC(=O)C(C)(C)CCOC(C)=O. The highest BCUT2D eigenvalue weighted by Crippen LogP contribution is 2.21. The number of hydrogen-bond donors (Lipinski definition) is 0. The summed E-state index contributed by atoms with van der Waals surface area (Å²) in [6, 6.07) is 0. The second kappa shape index (κ2) is 4.84. The summed E-state index contributed by atoms with van der Waals surface area (Å²) in [5, 5.41) is 0. The molecular formula is C9H16O4. The van der Waals surface area contributed by atoms with Crippen LogP contribution in [0.4, 0.5) is 0 Å². The van der Waals surface area contributed by atoms with Gasteiger partial charge in [0, 0.05) is 6.92 Å². The summed E-state index contributed by atoms with van der Waals surface area (Å²) in [6.07, 6.45) is 0.471. The van der Waals surface area contributed by atoms with Crippen molar-refractivity contribution in [2.75, 3.05) is 13.7 Å². The summed E-state index contributed by atoms with van der Waals surface area (Å²) >= 11 is 0. The van der Waals surface area contributed by atoms with Gasteiger partial charge in [0.1, 0.15) is 0 Å². The van der Waals surface area contributed by atoms with Gasteiger partial charge in [0.05, 0.1) is 19.1 Å². The number of esters is 2. The highest BCUT2D eigenvalue weighted by Gasteiger charge is 2.28. The summed E-state index contributed by atoms with van der Waals surface area (Å²) in [5.41, 5.74) is -0.593. The van der Waals surface area contributed by atoms with Crippen LogP contribution >= 0.6 is 0 Å². The highest BCUT2D eigenvalue weighted by atomic mass is 16.5. The fraction of sp³-hybridized carbons (Fsp3) is 0.778. The van der Waals surface area contributed by atoms with E-state index in [-0.39, 0.29) is 18.5 Å². The molecule has 0 aliphatic carbocycles. The minimum atomic E-state index is -0.593. The zero-order chi connectivity index (χ0) is 10.5. The molecule has 4 nitrogen and oxygen atoms in total. The van der Waals surface area contributed by atoms with Crippen molar-refractivity contribution in [3.8, 4) is 0 Å². The first-order valence-corrected chi connectivity index (χ1v) is 4.12. The number of rotatable bonds is 4. The van der Waals surface area contributed by atoms with Crippen molar-refractivity contribution < 1.29 is 19.1 Å². The summed E-state index contributed by atoms with van der Waals surface area (Å²) in [7, 11) is 1.34. The van der Waals surface area contributed by atoms with Crippen LogP contribution in [0, 0.1) is 5.41 Å². The van der Waals surface area contributed by atoms with Gasteiger partial charge >= 0.3 is 11.9 Å². The fourth-order valence-electron chi connectivity index (χ4n) is 0.828. The Morgan fingerprint density at radius 3 is 2.23 bits per heavy atom. The van der Waals surface area contributed by atoms with Crippen LogP contribution in [0.3, 0.4) is 0 Å². The average molecular weight is 188 g/mol. The molecule has 0 rings (SSSR count). The van der Waals surface area contributed by atoms with E-state index in [1.807, 2.05) is 0 Å². The lowest BCUT2D eigenvalue weighted by Gasteiger charge is -2.20. The topological polar surface area (TPSA) is 52.6 Å². The number of carbonyl (C=O) groups is 2. The van der Waals surface area contributed by atoms with E-state index in [9.17, 15) is 9.59 Å². The van der Waals surface area contributed by atoms with Crippen molar-refractivity contribution >= 4 is 11.9 Å². The van der Waals surface area contributed by atoms with Crippen molar-refractivity contribution in [3.05, 3.63) is 0 Å². The lowest BCUT2D eigenvalue weighted by atomic mass is 9.90. The molecule has 0 aliphatic rings. The van der Waals surface area contributed by atoms with Crippen LogP contribution in [-0.2, 0) is 19.1 Å². The zero-order valence-corrected chi connectivity index (χ0v) is 8.55. The Morgan fingerprint density at radius 2 is 1.85 bits per heavy atom. The maximum absolute atomic E-state index is 11.1. The van der Waals surface area contributed by atoms with Gasteiger partial charge in [0.25, 0.3) is 0 Å². The van der Waals surface area contributed by atoms with Gasteiger partial charge in [-0.05, 0) is 20.3 Å². The summed E-state index contributed by atoms with van der Waals surface area (Å²) < 4.78 is 9.32. The molecule has 0 saturated carbocycles. The average Bonchev–Trinajstić information content (AvgIpc) is 2.01. The van der Waals surface area contributed by atoms with Crippen molar-refractivity contribution in [2.24, 2.45) is 5.41 Å². The minimum Gasteiger partial charge on any atom is -0.469 e. The van der Waals surface area contributed by atoms with Gasteiger partial charge in [-0.15, -0.1) is 0 Å². The summed E-state index contributed by atoms with van der Waals surface area (Å²) in [4.78, 5) is 21.6. The van der Waals surface area contributed by atoms with Gasteiger partial charge in [0.15, 0.2) is 0 Å². The first kappa shape index (κ1) is 11.9. The lowest BCUT2D eigenvalue weighted by Crippen LogP contribution is -2.27. The molecule has 0 bridgehead atoms. The Kier molecular flexibility index (Phi) is 4.45. The quantitative estimate of drug-likeness (QED) is 0.621. The molecule has 13 heavy (non-hydrogen) atoms.